The molecule has 4 fully saturated rings. The molecule has 0 spiro atoms. The molecule has 0 N–H and O–H groups in total. The van der Waals surface area contributed by atoms with Crippen molar-refractivity contribution < 1.29 is 11.0 Å². The van der Waals surface area contributed by atoms with E-state index in [-0.39, 0.29) is 14.6 Å². The Labute approximate surface area is 181 Å². The van der Waals surface area contributed by atoms with Crippen LogP contribution in [0.5, 0.6) is 0 Å². The van der Waals surface area contributed by atoms with E-state index in [1.807, 2.05) is 6.08 Å². The first-order valence-corrected chi connectivity index (χ1v) is 11.6. The molecule has 29 heavy (non-hydrogen) atoms. The highest BCUT2D eigenvalue weighted by Gasteiger charge is 2.55. The minimum Gasteiger partial charge on any atom is -0.300 e. The summed E-state index contributed by atoms with van der Waals surface area (Å²) in [7, 11) is 0. The summed E-state index contributed by atoms with van der Waals surface area (Å²) in [5.74, 6) is 6.08. The Morgan fingerprint density at radius 2 is 1.55 bits per heavy atom. The Bertz CT molecular complexity index is 666. The lowest BCUT2D eigenvalue weighted by Gasteiger charge is -2.39. The molecule has 7 atom stereocenters. The smallest absolute Gasteiger partial charge is 0.152 e. The lowest BCUT2D eigenvalue weighted by atomic mass is 9.65. The van der Waals surface area contributed by atoms with Crippen LogP contribution in [0.15, 0.2) is 11.6 Å². The van der Waals surface area contributed by atoms with E-state index in [0.717, 1.165) is 36.0 Å². The average molecular weight is 405 g/mol. The minimum absolute atomic E-state index is 0. The average Bonchev–Trinajstić information content (AvgIpc) is 3.25. The first-order valence-electron chi connectivity index (χ1n) is 11.6. The van der Waals surface area contributed by atoms with Crippen molar-refractivity contribution in [2.45, 2.75) is 94.9 Å². The van der Waals surface area contributed by atoms with Crippen LogP contribution < -0.4 is 0 Å². The molecule has 4 saturated carbocycles. The highest BCUT2D eigenvalue weighted by molar-refractivity contribution is 5.88. The number of ketones is 2. The van der Waals surface area contributed by atoms with Gasteiger partial charge >= 0.3 is 0 Å². The van der Waals surface area contributed by atoms with E-state index in [1.54, 1.807) is 13.8 Å². The van der Waals surface area contributed by atoms with Gasteiger partial charge < -0.3 is 4.79 Å². The number of fused-ring (bicyclic) bond motifs is 4. The van der Waals surface area contributed by atoms with Crippen LogP contribution in [0.2, 0.25) is 0 Å². The van der Waals surface area contributed by atoms with E-state index in [4.69, 9.17) is 0 Å². The standard InChI is InChI=1S/C13H22O.C13H20O.CH4.H2/c2*1-8(14)5-10-6-11-7-12(10)9(2)13(11,3)4;;/h9-12H,5-7H2,1-4H3;5,9,11-12H,6-7H2,1-4H3;1H4;1H/b;10-5-;;. The second kappa shape index (κ2) is 8.31. The molecule has 4 aliphatic rings. The Kier molecular flexibility index (Phi) is 6.98. The van der Waals surface area contributed by atoms with Crippen molar-refractivity contribution in [2.24, 2.45) is 52.3 Å². The normalized spacial score (nSPS) is 41.7. The van der Waals surface area contributed by atoms with Gasteiger partial charge in [-0.25, -0.2) is 0 Å². The maximum Gasteiger partial charge on any atom is 0.152 e. The molecule has 4 bridgehead atoms. The van der Waals surface area contributed by atoms with Gasteiger partial charge in [0.1, 0.15) is 5.78 Å². The number of hydrogen-bond donors (Lipinski definition) is 0. The molecule has 0 heterocycles. The minimum atomic E-state index is 0. The highest BCUT2D eigenvalue weighted by Crippen LogP contribution is 2.62. The van der Waals surface area contributed by atoms with E-state index >= 15 is 0 Å². The second-order valence-corrected chi connectivity index (χ2v) is 11.8. The molecule has 7 unspecified atom stereocenters. The van der Waals surface area contributed by atoms with Crippen molar-refractivity contribution in [1.29, 1.82) is 0 Å². The number of rotatable bonds is 3. The summed E-state index contributed by atoms with van der Waals surface area (Å²) in [5.41, 5.74) is 2.44. The van der Waals surface area contributed by atoms with Gasteiger partial charge in [0.2, 0.25) is 0 Å². The molecule has 0 aliphatic heterocycles. The van der Waals surface area contributed by atoms with Crippen LogP contribution in [0.3, 0.4) is 0 Å². The zero-order chi connectivity index (χ0) is 21.0. The van der Waals surface area contributed by atoms with Gasteiger partial charge in [0.25, 0.3) is 0 Å². The molecule has 0 saturated heterocycles. The van der Waals surface area contributed by atoms with Crippen molar-refractivity contribution >= 4 is 11.6 Å². The summed E-state index contributed by atoms with van der Waals surface area (Å²) in [6.45, 7) is 17.7. The third kappa shape index (κ3) is 4.28. The first kappa shape index (κ1) is 24.4. The molecule has 4 aliphatic carbocycles. The molecule has 0 radical (unpaired) electrons. The summed E-state index contributed by atoms with van der Waals surface area (Å²) in [6, 6.07) is 0. The van der Waals surface area contributed by atoms with Crippen LogP contribution in [0.4, 0.5) is 0 Å². The van der Waals surface area contributed by atoms with Crippen molar-refractivity contribution in [2.75, 3.05) is 0 Å². The second-order valence-electron chi connectivity index (χ2n) is 11.8. The molecule has 2 heteroatoms. The van der Waals surface area contributed by atoms with Crippen molar-refractivity contribution in [3.8, 4) is 0 Å². The van der Waals surface area contributed by atoms with Crippen LogP contribution in [0.25, 0.3) is 0 Å². The van der Waals surface area contributed by atoms with Crippen LogP contribution in [-0.2, 0) is 9.59 Å². The maximum absolute atomic E-state index is 11.1. The third-order valence-corrected chi connectivity index (χ3v) is 9.88. The van der Waals surface area contributed by atoms with Gasteiger partial charge in [-0.3, -0.25) is 4.79 Å². The quantitative estimate of drug-likeness (QED) is 0.460. The predicted molar refractivity (Wildman–Crippen MR) is 125 cm³/mol. The molecular formula is C27H48O2. The summed E-state index contributed by atoms with van der Waals surface area (Å²) in [5, 5.41) is 0. The Balaban J connectivity index is 0.000000281. The number of carbonyl (C=O) groups is 2. The fraction of sp³-hybridized carbons (Fsp3) is 0.852. The number of Topliss-reactive ketones (excluding diaryl/α,β-unsaturated/α-hetero) is 1. The van der Waals surface area contributed by atoms with Gasteiger partial charge in [-0.1, -0.05) is 54.5 Å². The Morgan fingerprint density at radius 1 is 0.966 bits per heavy atom. The van der Waals surface area contributed by atoms with Crippen molar-refractivity contribution in [3.05, 3.63) is 11.6 Å². The lowest BCUT2D eigenvalue weighted by Crippen LogP contribution is -2.33. The van der Waals surface area contributed by atoms with E-state index in [1.165, 1.54) is 31.3 Å². The molecule has 4 rings (SSSR count). The van der Waals surface area contributed by atoms with Crippen LogP contribution in [0.1, 0.15) is 96.3 Å². The number of carbonyl (C=O) groups excluding carboxylic acids is 2. The fourth-order valence-corrected chi connectivity index (χ4v) is 7.29. The van der Waals surface area contributed by atoms with Crippen LogP contribution in [0, 0.1) is 52.3 Å². The van der Waals surface area contributed by atoms with Gasteiger partial charge in [-0.15, -0.1) is 0 Å². The van der Waals surface area contributed by atoms with Crippen LogP contribution >= 0.6 is 0 Å². The fourth-order valence-electron chi connectivity index (χ4n) is 7.29. The monoisotopic (exact) mass is 404 g/mol. The van der Waals surface area contributed by atoms with Crippen molar-refractivity contribution in [1.82, 2.24) is 0 Å². The molecule has 168 valence electrons. The van der Waals surface area contributed by atoms with Gasteiger partial charge in [0.15, 0.2) is 5.78 Å². The number of allylic oxidation sites excluding steroid dienone is 2. The van der Waals surface area contributed by atoms with Crippen LogP contribution in [-0.4, -0.2) is 11.6 Å². The van der Waals surface area contributed by atoms with E-state index in [2.05, 4.69) is 41.5 Å². The largest absolute Gasteiger partial charge is 0.300 e. The van der Waals surface area contributed by atoms with E-state index in [9.17, 15) is 9.59 Å². The molecule has 0 aromatic heterocycles. The zero-order valence-electron chi connectivity index (χ0n) is 19.5. The maximum atomic E-state index is 11.1. The number of hydrogen-bond acceptors (Lipinski definition) is 2. The predicted octanol–water partition coefficient (Wildman–Crippen LogP) is 7.37. The molecule has 0 amide bonds. The Hall–Kier alpha value is -0.920. The van der Waals surface area contributed by atoms with Crippen molar-refractivity contribution in [3.63, 3.8) is 0 Å². The molecular weight excluding hydrogens is 356 g/mol. The first-order chi connectivity index (χ1) is 12.9. The third-order valence-electron chi connectivity index (χ3n) is 9.88. The molecule has 0 aromatic carbocycles. The van der Waals surface area contributed by atoms with Gasteiger partial charge in [-0.2, -0.15) is 0 Å². The Morgan fingerprint density at radius 3 is 1.97 bits per heavy atom. The van der Waals surface area contributed by atoms with E-state index < -0.39 is 0 Å². The van der Waals surface area contributed by atoms with Gasteiger partial charge in [0, 0.05) is 7.85 Å². The topological polar surface area (TPSA) is 34.1 Å². The zero-order valence-corrected chi connectivity index (χ0v) is 19.5. The molecule has 2 nitrogen and oxygen atoms in total. The summed E-state index contributed by atoms with van der Waals surface area (Å²) < 4.78 is 0. The SMILES string of the molecule is C.CC(=O)/C=C1/CC2CC1C(C)C2(C)C.CC(=O)CC1CC2CC1C(C)C2(C)C.[HH]. The summed E-state index contributed by atoms with van der Waals surface area (Å²) in [6.07, 6.45) is 7.89. The molecule has 0 aromatic rings. The summed E-state index contributed by atoms with van der Waals surface area (Å²) in [4.78, 5) is 22.2. The highest BCUT2D eigenvalue weighted by atomic mass is 16.1. The van der Waals surface area contributed by atoms with E-state index in [0.29, 0.717) is 28.4 Å². The summed E-state index contributed by atoms with van der Waals surface area (Å²) >= 11 is 0. The van der Waals surface area contributed by atoms with Gasteiger partial charge in [0.05, 0.1) is 0 Å². The lowest BCUT2D eigenvalue weighted by molar-refractivity contribution is -0.118. The van der Waals surface area contributed by atoms with Gasteiger partial charge in [-0.05, 0) is 97.9 Å².